The van der Waals surface area contributed by atoms with Gasteiger partial charge in [-0.25, -0.2) is 8.78 Å². The number of ether oxygens (including phenoxy) is 1. The molecule has 0 atom stereocenters. The fraction of sp³-hybridized carbons (Fsp3) is 0.455. The zero-order valence-electron chi connectivity index (χ0n) is 8.97. The van der Waals surface area contributed by atoms with E-state index >= 15 is 0 Å². The Morgan fingerprint density at radius 1 is 1.40 bits per heavy atom. The standard InChI is InChI=1S/C11H14F2O2/c1-7-4-5-9(11(2,12)13)10(15-3)8(7)6-14/h4-5,14H,6H2,1-3H3. The van der Waals surface area contributed by atoms with Crippen molar-refractivity contribution in [3.8, 4) is 5.75 Å². The molecule has 15 heavy (non-hydrogen) atoms. The lowest BCUT2D eigenvalue weighted by Crippen LogP contribution is -2.11. The maximum absolute atomic E-state index is 13.2. The fourth-order valence-corrected chi connectivity index (χ4v) is 1.50. The lowest BCUT2D eigenvalue weighted by Gasteiger charge is -2.18. The van der Waals surface area contributed by atoms with Gasteiger partial charge in [-0.05, 0) is 18.6 Å². The van der Waals surface area contributed by atoms with Crippen molar-refractivity contribution in [2.75, 3.05) is 7.11 Å². The SMILES string of the molecule is COc1c(C(C)(F)F)ccc(C)c1CO. The number of rotatable bonds is 3. The van der Waals surface area contributed by atoms with Crippen LogP contribution >= 0.6 is 0 Å². The number of benzene rings is 1. The monoisotopic (exact) mass is 216 g/mol. The van der Waals surface area contributed by atoms with Crippen LogP contribution in [0.2, 0.25) is 0 Å². The van der Waals surface area contributed by atoms with Gasteiger partial charge in [0.25, 0.3) is 5.92 Å². The van der Waals surface area contributed by atoms with Crippen molar-refractivity contribution in [1.82, 2.24) is 0 Å². The molecule has 0 unspecified atom stereocenters. The maximum atomic E-state index is 13.2. The van der Waals surface area contributed by atoms with E-state index in [-0.39, 0.29) is 17.9 Å². The molecule has 1 N–H and O–H groups in total. The second-order valence-electron chi connectivity index (χ2n) is 3.49. The summed E-state index contributed by atoms with van der Waals surface area (Å²) in [6.07, 6.45) is 0. The normalized spacial score (nSPS) is 11.6. The zero-order valence-corrected chi connectivity index (χ0v) is 8.97. The van der Waals surface area contributed by atoms with Crippen molar-refractivity contribution in [2.24, 2.45) is 0 Å². The minimum atomic E-state index is -2.97. The summed E-state index contributed by atoms with van der Waals surface area (Å²) in [5, 5.41) is 9.10. The number of halogens is 2. The van der Waals surface area contributed by atoms with Gasteiger partial charge in [-0.1, -0.05) is 6.07 Å². The molecule has 0 bridgehead atoms. The average Bonchev–Trinajstić information content (AvgIpc) is 2.15. The molecular formula is C11H14F2O2. The predicted octanol–water partition coefficient (Wildman–Crippen LogP) is 2.61. The van der Waals surface area contributed by atoms with Crippen molar-refractivity contribution in [3.63, 3.8) is 0 Å². The van der Waals surface area contributed by atoms with Crippen LogP contribution in [0.25, 0.3) is 0 Å². The van der Waals surface area contributed by atoms with Gasteiger partial charge in [0.2, 0.25) is 0 Å². The molecule has 0 saturated heterocycles. The first-order valence-corrected chi connectivity index (χ1v) is 4.57. The Morgan fingerprint density at radius 2 is 2.00 bits per heavy atom. The van der Waals surface area contributed by atoms with Gasteiger partial charge in [0.1, 0.15) is 5.75 Å². The second kappa shape index (κ2) is 4.14. The van der Waals surface area contributed by atoms with Gasteiger partial charge in [-0.2, -0.15) is 0 Å². The Morgan fingerprint density at radius 3 is 2.40 bits per heavy atom. The first kappa shape index (κ1) is 11.9. The molecule has 1 aromatic rings. The predicted molar refractivity (Wildman–Crippen MR) is 53.2 cm³/mol. The van der Waals surface area contributed by atoms with Crippen molar-refractivity contribution in [1.29, 1.82) is 0 Å². The van der Waals surface area contributed by atoms with Gasteiger partial charge in [-0.3, -0.25) is 0 Å². The highest BCUT2D eigenvalue weighted by molar-refractivity contribution is 5.47. The molecule has 2 nitrogen and oxygen atoms in total. The lowest BCUT2D eigenvalue weighted by molar-refractivity contribution is 0.0148. The highest BCUT2D eigenvalue weighted by Crippen LogP contribution is 2.37. The van der Waals surface area contributed by atoms with E-state index in [1.54, 1.807) is 13.0 Å². The third-order valence-corrected chi connectivity index (χ3v) is 2.33. The molecule has 0 radical (unpaired) electrons. The molecular weight excluding hydrogens is 202 g/mol. The Labute approximate surface area is 87.5 Å². The van der Waals surface area contributed by atoms with Crippen LogP contribution in [0, 0.1) is 6.92 Å². The van der Waals surface area contributed by atoms with Crippen molar-refractivity contribution in [3.05, 3.63) is 28.8 Å². The molecule has 0 aliphatic rings. The summed E-state index contributed by atoms with van der Waals surface area (Å²) in [6.45, 7) is 2.24. The average molecular weight is 216 g/mol. The first-order valence-electron chi connectivity index (χ1n) is 4.57. The van der Waals surface area contributed by atoms with Gasteiger partial charge in [0.15, 0.2) is 0 Å². The Hall–Kier alpha value is -1.16. The summed E-state index contributed by atoms with van der Waals surface area (Å²) < 4.78 is 31.3. The minimum absolute atomic E-state index is 0.0741. The zero-order chi connectivity index (χ0) is 11.6. The molecule has 0 heterocycles. The van der Waals surface area contributed by atoms with Crippen molar-refractivity contribution >= 4 is 0 Å². The van der Waals surface area contributed by atoms with E-state index in [0.717, 1.165) is 12.5 Å². The number of alkyl halides is 2. The highest BCUT2D eigenvalue weighted by atomic mass is 19.3. The number of methoxy groups -OCH3 is 1. The van der Waals surface area contributed by atoms with Gasteiger partial charge in [-0.15, -0.1) is 0 Å². The number of aliphatic hydroxyl groups excluding tert-OH is 1. The van der Waals surface area contributed by atoms with E-state index in [0.29, 0.717) is 5.56 Å². The molecule has 0 spiro atoms. The van der Waals surface area contributed by atoms with Crippen LogP contribution in [0.15, 0.2) is 12.1 Å². The van der Waals surface area contributed by atoms with Crippen molar-refractivity contribution < 1.29 is 18.6 Å². The molecule has 1 rings (SSSR count). The Bertz CT molecular complexity index is 356. The summed E-state index contributed by atoms with van der Waals surface area (Å²) in [7, 11) is 1.32. The lowest BCUT2D eigenvalue weighted by atomic mass is 10.0. The molecule has 1 aromatic carbocycles. The van der Waals surface area contributed by atoms with E-state index in [2.05, 4.69) is 0 Å². The largest absolute Gasteiger partial charge is 0.496 e. The Kier molecular flexibility index (Phi) is 3.29. The molecule has 0 saturated carbocycles. The van der Waals surface area contributed by atoms with Crippen LogP contribution in [-0.4, -0.2) is 12.2 Å². The molecule has 0 aliphatic carbocycles. The van der Waals surface area contributed by atoms with Gasteiger partial charge >= 0.3 is 0 Å². The summed E-state index contributed by atoms with van der Waals surface area (Å²) in [6, 6.07) is 2.88. The second-order valence-corrected chi connectivity index (χ2v) is 3.49. The van der Waals surface area contributed by atoms with Crippen LogP contribution in [0.3, 0.4) is 0 Å². The van der Waals surface area contributed by atoms with Crippen LogP contribution < -0.4 is 4.74 Å². The third kappa shape index (κ3) is 2.26. The summed E-state index contributed by atoms with van der Waals surface area (Å²) >= 11 is 0. The smallest absolute Gasteiger partial charge is 0.274 e. The Balaban J connectivity index is 3.42. The highest BCUT2D eigenvalue weighted by Gasteiger charge is 2.30. The van der Waals surface area contributed by atoms with Crippen LogP contribution in [0.1, 0.15) is 23.6 Å². The van der Waals surface area contributed by atoms with Crippen LogP contribution in [-0.2, 0) is 12.5 Å². The number of hydrogen-bond acceptors (Lipinski definition) is 2. The van der Waals surface area contributed by atoms with E-state index in [9.17, 15) is 8.78 Å². The van der Waals surface area contributed by atoms with Gasteiger partial charge in [0.05, 0.1) is 19.3 Å². The van der Waals surface area contributed by atoms with E-state index in [1.165, 1.54) is 13.2 Å². The van der Waals surface area contributed by atoms with Crippen LogP contribution in [0.4, 0.5) is 8.78 Å². The van der Waals surface area contributed by atoms with Gasteiger partial charge < -0.3 is 9.84 Å². The quantitative estimate of drug-likeness (QED) is 0.841. The summed E-state index contributed by atoms with van der Waals surface area (Å²) in [5.74, 6) is -2.90. The fourth-order valence-electron chi connectivity index (χ4n) is 1.50. The number of aliphatic hydroxyl groups is 1. The number of aryl methyl sites for hydroxylation is 1. The molecule has 0 amide bonds. The molecule has 4 heteroatoms. The first-order chi connectivity index (χ1) is 6.91. The van der Waals surface area contributed by atoms with Crippen molar-refractivity contribution in [2.45, 2.75) is 26.4 Å². The minimum Gasteiger partial charge on any atom is -0.496 e. The van der Waals surface area contributed by atoms with Crippen LogP contribution in [0.5, 0.6) is 5.75 Å². The molecule has 0 fully saturated rings. The van der Waals surface area contributed by atoms with E-state index < -0.39 is 5.92 Å². The number of hydrogen-bond donors (Lipinski definition) is 1. The molecule has 0 aliphatic heterocycles. The topological polar surface area (TPSA) is 29.5 Å². The van der Waals surface area contributed by atoms with E-state index in [4.69, 9.17) is 9.84 Å². The van der Waals surface area contributed by atoms with E-state index in [1.807, 2.05) is 0 Å². The van der Waals surface area contributed by atoms with Gasteiger partial charge in [0, 0.05) is 12.5 Å². The summed E-state index contributed by atoms with van der Waals surface area (Å²) in [5.41, 5.74) is 0.957. The maximum Gasteiger partial charge on any atom is 0.274 e. The summed E-state index contributed by atoms with van der Waals surface area (Å²) in [4.78, 5) is 0. The molecule has 0 aromatic heterocycles. The third-order valence-electron chi connectivity index (χ3n) is 2.33. The molecule has 84 valence electrons.